The highest BCUT2D eigenvalue weighted by Gasteiger charge is 2.33. The number of pyridine rings is 3. The zero-order chi connectivity index (χ0) is 26.7. The molecule has 6 nitrogen and oxygen atoms in total. The second-order valence-corrected chi connectivity index (χ2v) is 8.61. The number of nitrogens with zero attached hydrogens (tertiary/aromatic N) is 3. The van der Waals surface area contributed by atoms with Crippen LogP contribution in [-0.2, 0) is 34.9 Å². The fraction of sp³-hybridized carbons (Fsp3) is 0.464. The van der Waals surface area contributed by atoms with E-state index >= 15 is 0 Å². The van der Waals surface area contributed by atoms with Gasteiger partial charge in [0.15, 0.2) is 0 Å². The molecule has 0 aliphatic carbocycles. The van der Waals surface area contributed by atoms with Crippen molar-refractivity contribution in [3.63, 3.8) is 0 Å². The molecule has 0 spiro atoms. The number of hydrogen-bond acceptors (Lipinski definition) is 6. The lowest BCUT2D eigenvalue weighted by atomic mass is 10.00. The summed E-state index contributed by atoms with van der Waals surface area (Å²) in [5.74, 6) is 0.563. The van der Waals surface area contributed by atoms with Gasteiger partial charge in [0.2, 0.25) is 5.88 Å². The Morgan fingerprint density at radius 2 is 1.57 bits per heavy atom. The zero-order valence-electron chi connectivity index (χ0n) is 21.6. The summed E-state index contributed by atoms with van der Waals surface area (Å²) < 4.78 is 57.1. The predicted molar refractivity (Wildman–Crippen MR) is 136 cm³/mol. The van der Waals surface area contributed by atoms with Gasteiger partial charge in [0.25, 0.3) is 0 Å². The molecule has 0 saturated carbocycles. The summed E-state index contributed by atoms with van der Waals surface area (Å²) in [5, 5.41) is 0. The Balaban J connectivity index is 1.41. The molecule has 0 saturated heterocycles. The molecule has 0 unspecified atom stereocenters. The Hall–Kier alpha value is -3.04. The largest absolute Gasteiger partial charge is 0.475 e. The molecular formula is C28H34F3N3O3. The lowest BCUT2D eigenvalue weighted by Crippen LogP contribution is -2.12. The van der Waals surface area contributed by atoms with Crippen molar-refractivity contribution in [3.05, 3.63) is 70.9 Å². The molecule has 9 heteroatoms. The second-order valence-electron chi connectivity index (χ2n) is 8.61. The third-order valence-corrected chi connectivity index (χ3v) is 5.79. The summed E-state index contributed by atoms with van der Waals surface area (Å²) in [5.41, 5.74) is 3.57. The van der Waals surface area contributed by atoms with Gasteiger partial charge in [0, 0.05) is 42.0 Å². The highest BCUT2D eigenvalue weighted by molar-refractivity contribution is 5.67. The zero-order valence-corrected chi connectivity index (χ0v) is 21.6. The topological polar surface area (TPSA) is 66.4 Å². The minimum atomic E-state index is -4.53. The maximum atomic E-state index is 13.5. The molecule has 0 aliphatic rings. The maximum absolute atomic E-state index is 13.5. The molecule has 0 atom stereocenters. The van der Waals surface area contributed by atoms with Gasteiger partial charge in [-0.2, -0.15) is 13.2 Å². The summed E-state index contributed by atoms with van der Waals surface area (Å²) in [6.07, 6.45) is 1.51. The number of ether oxygens (including phenoxy) is 3. The van der Waals surface area contributed by atoms with Crippen molar-refractivity contribution in [2.45, 2.75) is 52.6 Å². The fourth-order valence-corrected chi connectivity index (χ4v) is 3.71. The molecule has 0 bridgehead atoms. The third-order valence-electron chi connectivity index (χ3n) is 5.79. The first kappa shape index (κ1) is 28.5. The molecule has 3 aromatic rings. The van der Waals surface area contributed by atoms with Crippen LogP contribution in [0.25, 0.3) is 11.1 Å². The summed E-state index contributed by atoms with van der Waals surface area (Å²) in [6.45, 7) is 7.91. The first-order valence-corrected chi connectivity index (χ1v) is 12.6. The van der Waals surface area contributed by atoms with Gasteiger partial charge < -0.3 is 14.2 Å². The molecule has 3 rings (SSSR count). The normalized spacial score (nSPS) is 11.6. The average Bonchev–Trinajstić information content (AvgIpc) is 2.89. The molecule has 0 amide bonds. The molecule has 0 N–H and O–H groups in total. The van der Waals surface area contributed by atoms with E-state index in [0.717, 1.165) is 35.7 Å². The minimum Gasteiger partial charge on any atom is -0.475 e. The first-order valence-electron chi connectivity index (χ1n) is 12.6. The summed E-state index contributed by atoms with van der Waals surface area (Å²) in [6, 6.07) is 8.52. The van der Waals surface area contributed by atoms with Crippen LogP contribution in [0.4, 0.5) is 13.2 Å². The Morgan fingerprint density at radius 1 is 0.811 bits per heavy atom. The molecule has 0 fully saturated rings. The van der Waals surface area contributed by atoms with Gasteiger partial charge in [-0.3, -0.25) is 4.98 Å². The highest BCUT2D eigenvalue weighted by Crippen LogP contribution is 2.32. The summed E-state index contributed by atoms with van der Waals surface area (Å²) in [4.78, 5) is 12.4. The van der Waals surface area contributed by atoms with Gasteiger partial charge >= 0.3 is 6.18 Å². The average molecular weight is 518 g/mol. The lowest BCUT2D eigenvalue weighted by molar-refractivity contribution is -0.141. The highest BCUT2D eigenvalue weighted by atomic mass is 19.4. The molecular weight excluding hydrogens is 483 g/mol. The maximum Gasteiger partial charge on any atom is 0.433 e. The van der Waals surface area contributed by atoms with Crippen LogP contribution in [0.1, 0.15) is 48.5 Å². The number of hydrogen-bond donors (Lipinski definition) is 0. The van der Waals surface area contributed by atoms with Crippen LogP contribution in [0.2, 0.25) is 0 Å². The van der Waals surface area contributed by atoms with E-state index in [2.05, 4.69) is 21.9 Å². The van der Waals surface area contributed by atoms with E-state index in [0.29, 0.717) is 68.6 Å². The number of halogens is 3. The van der Waals surface area contributed by atoms with Gasteiger partial charge in [-0.05, 0) is 67.5 Å². The third kappa shape index (κ3) is 9.09. The van der Waals surface area contributed by atoms with Crippen molar-refractivity contribution < 1.29 is 27.4 Å². The second kappa shape index (κ2) is 14.0. The van der Waals surface area contributed by atoms with Crippen LogP contribution in [-0.4, -0.2) is 48.0 Å². The van der Waals surface area contributed by atoms with Crippen molar-refractivity contribution in [1.82, 2.24) is 15.0 Å². The van der Waals surface area contributed by atoms with Gasteiger partial charge in [-0.25, -0.2) is 9.97 Å². The van der Waals surface area contributed by atoms with Crippen molar-refractivity contribution in [1.29, 1.82) is 0 Å². The quantitative estimate of drug-likeness (QED) is 0.243. The Morgan fingerprint density at radius 3 is 2.22 bits per heavy atom. The van der Waals surface area contributed by atoms with Crippen LogP contribution >= 0.6 is 0 Å². The van der Waals surface area contributed by atoms with Crippen molar-refractivity contribution in [3.8, 4) is 17.0 Å². The van der Waals surface area contributed by atoms with E-state index in [-0.39, 0.29) is 0 Å². The molecule has 0 radical (unpaired) electrons. The Bertz CT molecular complexity index is 1120. The summed E-state index contributed by atoms with van der Waals surface area (Å²) >= 11 is 0. The van der Waals surface area contributed by atoms with E-state index in [1.54, 1.807) is 18.5 Å². The van der Waals surface area contributed by atoms with Crippen molar-refractivity contribution in [2.24, 2.45) is 0 Å². The van der Waals surface area contributed by atoms with Crippen LogP contribution in [0.5, 0.6) is 5.88 Å². The number of alkyl halides is 3. The van der Waals surface area contributed by atoms with E-state index in [4.69, 9.17) is 14.2 Å². The SMILES string of the molecule is CCc1ccc(OCCOCCOCCCc2cc(-c3cnc(CC)cc3C)cc(C(F)(F)F)n2)nc1. The molecule has 200 valence electrons. The monoisotopic (exact) mass is 517 g/mol. The number of aromatic nitrogens is 3. The Kier molecular flexibility index (Phi) is 10.8. The van der Waals surface area contributed by atoms with Gasteiger partial charge in [-0.1, -0.05) is 19.9 Å². The first-order chi connectivity index (χ1) is 17.8. The molecule has 3 aromatic heterocycles. The standard InChI is InChI=1S/C28H34F3N3O3/c1-4-21-8-9-27(33-18-21)37-14-13-36-12-11-35-10-6-7-24-16-22(17-26(34-24)28(29,30)31)25-19-32-23(5-2)15-20(25)3/h8-9,15-19H,4-7,10-14H2,1-3H3. The Labute approximate surface area is 216 Å². The lowest BCUT2D eigenvalue weighted by Gasteiger charge is -2.13. The molecule has 3 heterocycles. The number of aryl methyl sites for hydroxylation is 4. The van der Waals surface area contributed by atoms with E-state index < -0.39 is 11.9 Å². The van der Waals surface area contributed by atoms with E-state index in [9.17, 15) is 13.2 Å². The fourth-order valence-electron chi connectivity index (χ4n) is 3.71. The van der Waals surface area contributed by atoms with Crippen molar-refractivity contribution >= 4 is 0 Å². The van der Waals surface area contributed by atoms with Gasteiger partial charge in [0.05, 0.1) is 19.8 Å². The predicted octanol–water partition coefficient (Wildman–Crippen LogP) is 6.04. The van der Waals surface area contributed by atoms with E-state index in [1.807, 2.05) is 32.0 Å². The van der Waals surface area contributed by atoms with Gasteiger partial charge in [-0.15, -0.1) is 0 Å². The minimum absolute atomic E-state index is 0.370. The van der Waals surface area contributed by atoms with Crippen LogP contribution in [0, 0.1) is 6.92 Å². The molecule has 37 heavy (non-hydrogen) atoms. The molecule has 0 aliphatic heterocycles. The van der Waals surface area contributed by atoms with Crippen LogP contribution < -0.4 is 4.74 Å². The van der Waals surface area contributed by atoms with Gasteiger partial charge in [0.1, 0.15) is 12.3 Å². The molecule has 0 aromatic carbocycles. The van der Waals surface area contributed by atoms with Crippen LogP contribution in [0.3, 0.4) is 0 Å². The van der Waals surface area contributed by atoms with E-state index in [1.165, 1.54) is 0 Å². The summed E-state index contributed by atoms with van der Waals surface area (Å²) in [7, 11) is 0. The van der Waals surface area contributed by atoms with Crippen LogP contribution in [0.15, 0.2) is 42.7 Å². The number of rotatable bonds is 14. The van der Waals surface area contributed by atoms with Crippen molar-refractivity contribution in [2.75, 3.05) is 33.0 Å². The smallest absolute Gasteiger partial charge is 0.433 e.